The molecule has 6 heteroatoms. The normalized spacial score (nSPS) is 10.1. The average Bonchev–Trinajstić information content (AvgIpc) is 2.43. The lowest BCUT2D eigenvalue weighted by molar-refractivity contribution is 0.0941. The van der Waals surface area contributed by atoms with Crippen molar-refractivity contribution in [3.05, 3.63) is 53.1 Å². The van der Waals surface area contributed by atoms with Gasteiger partial charge in [-0.15, -0.1) is 0 Å². The first-order chi connectivity index (χ1) is 9.65. The van der Waals surface area contributed by atoms with E-state index in [4.69, 9.17) is 16.3 Å². The molecule has 1 heterocycles. The molecule has 20 heavy (non-hydrogen) atoms. The van der Waals surface area contributed by atoms with Crippen molar-refractivity contribution in [2.24, 2.45) is 0 Å². The fourth-order valence-electron chi connectivity index (χ4n) is 1.58. The van der Waals surface area contributed by atoms with Gasteiger partial charge in [-0.2, -0.15) is 0 Å². The molecule has 104 valence electrons. The number of halogens is 1. The van der Waals surface area contributed by atoms with Crippen molar-refractivity contribution < 1.29 is 9.53 Å². The van der Waals surface area contributed by atoms with E-state index in [0.29, 0.717) is 13.2 Å². The molecule has 0 unspecified atom stereocenters. The number of rotatable bonds is 5. The summed E-state index contributed by atoms with van der Waals surface area (Å²) in [6.45, 7) is 2.75. The molecule has 0 fully saturated rings. The van der Waals surface area contributed by atoms with E-state index in [1.807, 2.05) is 31.2 Å². The molecular weight excluding hydrogens is 278 g/mol. The minimum atomic E-state index is -0.326. The highest BCUT2D eigenvalue weighted by Gasteiger charge is 2.07. The van der Waals surface area contributed by atoms with Gasteiger partial charge in [0.05, 0.1) is 18.9 Å². The number of nitrogens with zero attached hydrogens (tertiary/aromatic N) is 2. The second-order valence-corrected chi connectivity index (χ2v) is 4.54. The maximum Gasteiger partial charge on any atom is 0.271 e. The van der Waals surface area contributed by atoms with Gasteiger partial charge in [0.1, 0.15) is 23.2 Å². The van der Waals surface area contributed by atoms with Crippen LogP contribution in [0.5, 0.6) is 5.75 Å². The zero-order valence-electron chi connectivity index (χ0n) is 11.0. The summed E-state index contributed by atoms with van der Waals surface area (Å²) in [6.07, 6.45) is 2.74. The molecule has 1 aromatic carbocycles. The van der Waals surface area contributed by atoms with E-state index in [2.05, 4.69) is 15.3 Å². The summed E-state index contributed by atoms with van der Waals surface area (Å²) in [5, 5.41) is 2.87. The van der Waals surface area contributed by atoms with Crippen molar-refractivity contribution in [3.63, 3.8) is 0 Å². The molecule has 5 nitrogen and oxygen atoms in total. The average molecular weight is 292 g/mol. The molecule has 0 saturated heterocycles. The lowest BCUT2D eigenvalue weighted by atomic mass is 10.2. The Hall–Kier alpha value is -2.14. The standard InChI is InChI=1S/C14H14ClN3O2/c1-10-3-2-4-11(7-10)20-6-5-17-14(19)12-8-16-9-13(15)18-12/h2-4,7-9H,5-6H2,1H3,(H,17,19). The second-order valence-electron chi connectivity index (χ2n) is 4.15. The number of carbonyl (C=O) groups is 1. The number of aromatic nitrogens is 2. The number of aryl methyl sites for hydroxylation is 1. The summed E-state index contributed by atoms with van der Waals surface area (Å²) in [5.74, 6) is 0.453. The number of benzene rings is 1. The van der Waals surface area contributed by atoms with Gasteiger partial charge in [-0.3, -0.25) is 9.78 Å². The Kier molecular flexibility index (Phi) is 4.90. The Balaban J connectivity index is 1.77. The molecule has 1 N–H and O–H groups in total. The van der Waals surface area contributed by atoms with Crippen LogP contribution in [0.3, 0.4) is 0 Å². The Morgan fingerprint density at radius 1 is 1.40 bits per heavy atom. The molecule has 0 aliphatic rings. The van der Waals surface area contributed by atoms with Gasteiger partial charge in [0, 0.05) is 0 Å². The smallest absolute Gasteiger partial charge is 0.271 e. The molecule has 1 aromatic heterocycles. The van der Waals surface area contributed by atoms with Crippen LogP contribution >= 0.6 is 11.6 Å². The first-order valence-electron chi connectivity index (χ1n) is 6.10. The van der Waals surface area contributed by atoms with E-state index >= 15 is 0 Å². The third-order valence-electron chi connectivity index (χ3n) is 2.48. The number of nitrogens with one attached hydrogen (secondary N) is 1. The van der Waals surface area contributed by atoms with Crippen molar-refractivity contribution in [3.8, 4) is 5.75 Å². The SMILES string of the molecule is Cc1cccc(OCCNC(=O)c2cncc(Cl)n2)c1. The minimum Gasteiger partial charge on any atom is -0.492 e. The van der Waals surface area contributed by atoms with E-state index in [0.717, 1.165) is 11.3 Å². The van der Waals surface area contributed by atoms with Gasteiger partial charge in [-0.1, -0.05) is 23.7 Å². The summed E-state index contributed by atoms with van der Waals surface area (Å²) in [5.41, 5.74) is 1.31. The van der Waals surface area contributed by atoms with Crippen LogP contribution in [0.4, 0.5) is 0 Å². The van der Waals surface area contributed by atoms with E-state index in [9.17, 15) is 4.79 Å². The molecule has 0 saturated carbocycles. The molecule has 0 aliphatic heterocycles. The Morgan fingerprint density at radius 2 is 2.25 bits per heavy atom. The van der Waals surface area contributed by atoms with Crippen LogP contribution in [0.1, 0.15) is 16.1 Å². The summed E-state index contributed by atoms with van der Waals surface area (Å²) in [4.78, 5) is 19.4. The Labute approximate surface area is 122 Å². The molecule has 0 spiro atoms. The van der Waals surface area contributed by atoms with E-state index < -0.39 is 0 Å². The van der Waals surface area contributed by atoms with Gasteiger partial charge < -0.3 is 10.1 Å². The number of ether oxygens (including phenoxy) is 1. The topological polar surface area (TPSA) is 64.1 Å². The van der Waals surface area contributed by atoms with Crippen LogP contribution in [0, 0.1) is 6.92 Å². The zero-order chi connectivity index (χ0) is 14.4. The van der Waals surface area contributed by atoms with Gasteiger partial charge in [-0.05, 0) is 24.6 Å². The van der Waals surface area contributed by atoms with Crippen LogP contribution in [0.15, 0.2) is 36.7 Å². The predicted molar refractivity (Wildman–Crippen MR) is 76.0 cm³/mol. The third kappa shape index (κ3) is 4.20. The first-order valence-corrected chi connectivity index (χ1v) is 6.48. The number of hydrogen-bond acceptors (Lipinski definition) is 4. The number of carbonyl (C=O) groups excluding carboxylic acids is 1. The number of hydrogen-bond donors (Lipinski definition) is 1. The fourth-order valence-corrected chi connectivity index (χ4v) is 1.73. The maximum absolute atomic E-state index is 11.7. The second kappa shape index (κ2) is 6.86. The highest BCUT2D eigenvalue weighted by atomic mass is 35.5. The van der Waals surface area contributed by atoms with Gasteiger partial charge in [0.25, 0.3) is 5.91 Å². The van der Waals surface area contributed by atoms with Gasteiger partial charge in [0.2, 0.25) is 0 Å². The van der Waals surface area contributed by atoms with Gasteiger partial charge in [-0.25, -0.2) is 4.98 Å². The van der Waals surface area contributed by atoms with Gasteiger partial charge >= 0.3 is 0 Å². The molecule has 0 aliphatic carbocycles. The summed E-state index contributed by atoms with van der Waals surface area (Å²) >= 11 is 5.67. The van der Waals surface area contributed by atoms with Crippen molar-refractivity contribution >= 4 is 17.5 Å². The lowest BCUT2D eigenvalue weighted by Crippen LogP contribution is -2.28. The molecule has 0 atom stereocenters. The van der Waals surface area contributed by atoms with Crippen LogP contribution in [-0.4, -0.2) is 29.0 Å². The highest BCUT2D eigenvalue weighted by molar-refractivity contribution is 6.29. The van der Waals surface area contributed by atoms with E-state index in [-0.39, 0.29) is 16.8 Å². The first kappa shape index (κ1) is 14.3. The van der Waals surface area contributed by atoms with Crippen molar-refractivity contribution in [1.29, 1.82) is 0 Å². The van der Waals surface area contributed by atoms with E-state index in [1.165, 1.54) is 12.4 Å². The van der Waals surface area contributed by atoms with Crippen LogP contribution < -0.4 is 10.1 Å². The van der Waals surface area contributed by atoms with Crippen LogP contribution in [0.2, 0.25) is 5.15 Å². The maximum atomic E-state index is 11.7. The summed E-state index contributed by atoms with van der Waals surface area (Å²) in [6, 6.07) is 7.72. The predicted octanol–water partition coefficient (Wildman–Crippen LogP) is 2.25. The quantitative estimate of drug-likeness (QED) is 0.858. The lowest BCUT2D eigenvalue weighted by Gasteiger charge is -2.08. The number of amides is 1. The summed E-state index contributed by atoms with van der Waals surface area (Å²) in [7, 11) is 0. The minimum absolute atomic E-state index is 0.188. The summed E-state index contributed by atoms with van der Waals surface area (Å²) < 4.78 is 5.52. The van der Waals surface area contributed by atoms with Crippen molar-refractivity contribution in [1.82, 2.24) is 15.3 Å². The van der Waals surface area contributed by atoms with E-state index in [1.54, 1.807) is 0 Å². The van der Waals surface area contributed by atoms with Crippen LogP contribution in [-0.2, 0) is 0 Å². The molecule has 2 aromatic rings. The third-order valence-corrected chi connectivity index (χ3v) is 2.67. The van der Waals surface area contributed by atoms with Gasteiger partial charge in [0.15, 0.2) is 0 Å². The molecule has 2 rings (SSSR count). The Morgan fingerprint density at radius 3 is 3.00 bits per heavy atom. The zero-order valence-corrected chi connectivity index (χ0v) is 11.7. The molecule has 1 amide bonds. The molecule has 0 bridgehead atoms. The largest absolute Gasteiger partial charge is 0.492 e. The monoisotopic (exact) mass is 291 g/mol. The van der Waals surface area contributed by atoms with Crippen molar-refractivity contribution in [2.75, 3.05) is 13.2 Å². The highest BCUT2D eigenvalue weighted by Crippen LogP contribution is 2.11. The van der Waals surface area contributed by atoms with Crippen LogP contribution in [0.25, 0.3) is 0 Å². The molecule has 0 radical (unpaired) electrons. The molecular formula is C14H14ClN3O2. The fraction of sp³-hybridized carbons (Fsp3) is 0.214. The van der Waals surface area contributed by atoms with Crippen molar-refractivity contribution in [2.45, 2.75) is 6.92 Å². The Bertz CT molecular complexity index is 604.